The Balaban J connectivity index is 0.00000102. The molecule has 1 aliphatic rings. The molecule has 2 rings (SSSR count). The van der Waals surface area contributed by atoms with E-state index in [0.29, 0.717) is 0 Å². The molecule has 0 bridgehead atoms. The van der Waals surface area contributed by atoms with Crippen LogP contribution in [0.15, 0.2) is 66.8 Å². The van der Waals surface area contributed by atoms with Gasteiger partial charge in [-0.2, -0.15) is 0 Å². The van der Waals surface area contributed by atoms with Crippen molar-refractivity contribution in [1.29, 1.82) is 0 Å². The highest BCUT2D eigenvalue weighted by Crippen LogP contribution is 2.47. The number of allylic oxidation sites excluding steroid dienone is 5. The second kappa shape index (κ2) is 12.0. The molecule has 122 valence electrons. The quantitative estimate of drug-likeness (QED) is 0.514. The van der Waals surface area contributed by atoms with Gasteiger partial charge >= 0.3 is 0 Å². The highest BCUT2D eigenvalue weighted by atomic mass is 14.4. The fourth-order valence-corrected chi connectivity index (χ4v) is 3.18. The molecule has 0 radical (unpaired) electrons. The third kappa shape index (κ3) is 5.02. The van der Waals surface area contributed by atoms with Crippen molar-refractivity contribution in [2.24, 2.45) is 0 Å². The minimum absolute atomic E-state index is 0.232. The van der Waals surface area contributed by atoms with E-state index in [1.807, 2.05) is 33.8 Å². The summed E-state index contributed by atoms with van der Waals surface area (Å²) in [5, 5.41) is 0. The zero-order valence-electron chi connectivity index (χ0n) is 15.2. The van der Waals surface area contributed by atoms with Gasteiger partial charge in [0.25, 0.3) is 0 Å². The first-order chi connectivity index (χ1) is 10.8. The normalized spacial score (nSPS) is 16.3. The van der Waals surface area contributed by atoms with E-state index in [0.717, 1.165) is 0 Å². The van der Waals surface area contributed by atoms with Crippen LogP contribution >= 0.6 is 0 Å². The van der Waals surface area contributed by atoms with Gasteiger partial charge in [0.2, 0.25) is 0 Å². The van der Waals surface area contributed by atoms with Crippen molar-refractivity contribution in [2.45, 2.75) is 65.7 Å². The van der Waals surface area contributed by atoms with Crippen LogP contribution in [0.25, 0.3) is 0 Å². The first kappa shape index (κ1) is 20.4. The van der Waals surface area contributed by atoms with Crippen molar-refractivity contribution in [1.82, 2.24) is 0 Å². The van der Waals surface area contributed by atoms with E-state index in [4.69, 9.17) is 0 Å². The van der Waals surface area contributed by atoms with Crippen LogP contribution in [0, 0.1) is 0 Å². The first-order valence-corrected chi connectivity index (χ1v) is 8.85. The van der Waals surface area contributed by atoms with Crippen LogP contribution in [0.5, 0.6) is 0 Å². The van der Waals surface area contributed by atoms with Crippen molar-refractivity contribution >= 4 is 0 Å². The van der Waals surface area contributed by atoms with Crippen molar-refractivity contribution in [3.05, 3.63) is 72.4 Å². The summed E-state index contributed by atoms with van der Waals surface area (Å²) < 4.78 is 0. The van der Waals surface area contributed by atoms with Crippen molar-refractivity contribution in [2.75, 3.05) is 0 Å². The summed E-state index contributed by atoms with van der Waals surface area (Å²) in [6, 6.07) is 11.0. The molecular weight excluding hydrogens is 264 g/mol. The van der Waals surface area contributed by atoms with Gasteiger partial charge in [0.15, 0.2) is 0 Å². The number of rotatable bonds is 4. The van der Waals surface area contributed by atoms with Crippen LogP contribution in [-0.4, -0.2) is 0 Å². The lowest BCUT2D eigenvalue weighted by atomic mass is 9.72. The Morgan fingerprint density at radius 1 is 1.00 bits per heavy atom. The predicted octanol–water partition coefficient (Wildman–Crippen LogP) is 7.24. The molecule has 1 fully saturated rings. The van der Waals surface area contributed by atoms with E-state index in [2.05, 4.69) is 62.1 Å². The number of benzene rings is 1. The molecule has 0 atom stereocenters. The molecule has 0 amide bonds. The van der Waals surface area contributed by atoms with E-state index < -0.39 is 0 Å². The molecular formula is C22H34. The van der Waals surface area contributed by atoms with Gasteiger partial charge in [0, 0.05) is 5.41 Å². The van der Waals surface area contributed by atoms with Crippen LogP contribution in [-0.2, 0) is 5.41 Å². The summed E-state index contributed by atoms with van der Waals surface area (Å²) in [6.45, 7) is 13.9. The van der Waals surface area contributed by atoms with Gasteiger partial charge in [-0.1, -0.05) is 102 Å². The largest absolute Gasteiger partial charge is 0.0991 e. The zero-order chi connectivity index (χ0) is 16.8. The minimum atomic E-state index is 0.232. The van der Waals surface area contributed by atoms with Gasteiger partial charge in [-0.3, -0.25) is 0 Å². The Morgan fingerprint density at radius 2 is 1.55 bits per heavy atom. The highest BCUT2D eigenvalue weighted by molar-refractivity contribution is 5.43. The smallest absolute Gasteiger partial charge is 0.0199 e. The van der Waals surface area contributed by atoms with Crippen LogP contribution in [0.4, 0.5) is 0 Å². The number of hydrogen-bond donors (Lipinski definition) is 0. The van der Waals surface area contributed by atoms with E-state index in [1.165, 1.54) is 36.8 Å². The fourth-order valence-electron chi connectivity index (χ4n) is 3.18. The molecule has 0 nitrogen and oxygen atoms in total. The molecule has 0 heteroatoms. The maximum absolute atomic E-state index is 3.77. The average molecular weight is 299 g/mol. The molecule has 0 unspecified atom stereocenters. The predicted molar refractivity (Wildman–Crippen MR) is 102 cm³/mol. The Bertz CT molecular complexity index is 442. The standard InChI is InChI=1S/C18H22.2C2H6/c1-3-5-11-16(4-2)18(14-9-10-15-18)17-12-7-6-8-13-17;2*1-2/h3-8,11-13H,1,9-10,14-15H2,2H3;2*1-2H3/b11-5-,16-4+;;. The lowest BCUT2D eigenvalue weighted by Crippen LogP contribution is -2.24. The molecule has 1 saturated carbocycles. The van der Waals surface area contributed by atoms with Gasteiger partial charge in [-0.15, -0.1) is 0 Å². The fraction of sp³-hybridized carbons (Fsp3) is 0.455. The Labute approximate surface area is 138 Å². The molecule has 0 spiro atoms. The van der Waals surface area contributed by atoms with E-state index in [1.54, 1.807) is 0 Å². The molecule has 0 heterocycles. The van der Waals surface area contributed by atoms with Crippen molar-refractivity contribution in [3.8, 4) is 0 Å². The molecule has 0 aromatic heterocycles. The molecule has 1 aromatic rings. The second-order valence-electron chi connectivity index (χ2n) is 4.99. The average Bonchev–Trinajstić information content (AvgIpc) is 3.11. The molecule has 0 saturated heterocycles. The topological polar surface area (TPSA) is 0 Å². The molecule has 1 aromatic carbocycles. The van der Waals surface area contributed by atoms with Crippen LogP contribution < -0.4 is 0 Å². The molecule has 0 N–H and O–H groups in total. The summed E-state index contributed by atoms with van der Waals surface area (Å²) in [6.07, 6.45) is 13.6. The summed E-state index contributed by atoms with van der Waals surface area (Å²) in [4.78, 5) is 0. The minimum Gasteiger partial charge on any atom is -0.0991 e. The van der Waals surface area contributed by atoms with Gasteiger partial charge in [0.05, 0.1) is 0 Å². The molecule has 1 aliphatic carbocycles. The zero-order valence-corrected chi connectivity index (χ0v) is 15.2. The van der Waals surface area contributed by atoms with Crippen molar-refractivity contribution in [3.63, 3.8) is 0 Å². The lowest BCUT2D eigenvalue weighted by molar-refractivity contribution is 0.533. The molecule has 22 heavy (non-hydrogen) atoms. The number of hydrogen-bond acceptors (Lipinski definition) is 0. The summed E-state index contributed by atoms with van der Waals surface area (Å²) in [7, 11) is 0. The molecule has 0 aliphatic heterocycles. The van der Waals surface area contributed by atoms with E-state index in [9.17, 15) is 0 Å². The van der Waals surface area contributed by atoms with E-state index in [-0.39, 0.29) is 5.41 Å². The highest BCUT2D eigenvalue weighted by Gasteiger charge is 2.37. The van der Waals surface area contributed by atoms with Crippen LogP contribution in [0.2, 0.25) is 0 Å². The maximum atomic E-state index is 3.77. The van der Waals surface area contributed by atoms with Gasteiger partial charge in [-0.05, 0) is 30.9 Å². The van der Waals surface area contributed by atoms with Gasteiger partial charge in [0.1, 0.15) is 0 Å². The van der Waals surface area contributed by atoms with Gasteiger partial charge < -0.3 is 0 Å². The second-order valence-corrected chi connectivity index (χ2v) is 4.99. The Hall–Kier alpha value is -1.56. The summed E-state index contributed by atoms with van der Waals surface area (Å²) in [5.41, 5.74) is 3.13. The third-order valence-electron chi connectivity index (χ3n) is 4.06. The van der Waals surface area contributed by atoms with Crippen molar-refractivity contribution < 1.29 is 0 Å². The van der Waals surface area contributed by atoms with Crippen LogP contribution in [0.1, 0.15) is 65.9 Å². The monoisotopic (exact) mass is 298 g/mol. The SMILES string of the molecule is C=C/C=C\C(=C/C)C1(c2ccccc2)CCCC1.CC.CC. The van der Waals surface area contributed by atoms with Crippen LogP contribution in [0.3, 0.4) is 0 Å². The first-order valence-electron chi connectivity index (χ1n) is 8.85. The summed E-state index contributed by atoms with van der Waals surface area (Å²) >= 11 is 0. The Kier molecular flexibility index (Phi) is 11.2. The third-order valence-corrected chi connectivity index (χ3v) is 4.06. The van der Waals surface area contributed by atoms with Gasteiger partial charge in [-0.25, -0.2) is 0 Å². The Morgan fingerprint density at radius 3 is 2.00 bits per heavy atom. The lowest BCUT2D eigenvalue weighted by Gasteiger charge is -2.31. The van der Waals surface area contributed by atoms with E-state index >= 15 is 0 Å². The summed E-state index contributed by atoms with van der Waals surface area (Å²) in [5.74, 6) is 0. The maximum Gasteiger partial charge on any atom is 0.0199 e.